The van der Waals surface area contributed by atoms with E-state index >= 15 is 0 Å². The Morgan fingerprint density at radius 1 is 1.03 bits per heavy atom. The molecule has 150 valence electrons. The van der Waals surface area contributed by atoms with Crippen molar-refractivity contribution in [2.45, 2.75) is 0 Å². The van der Waals surface area contributed by atoms with Gasteiger partial charge in [-0.3, -0.25) is 9.36 Å². The Bertz CT molecular complexity index is 1150. The summed E-state index contributed by atoms with van der Waals surface area (Å²) in [4.78, 5) is 25.1. The van der Waals surface area contributed by atoms with Gasteiger partial charge >= 0.3 is 5.97 Å². The topological polar surface area (TPSA) is 87.0 Å². The van der Waals surface area contributed by atoms with E-state index in [4.69, 9.17) is 26.4 Å². The highest BCUT2D eigenvalue weighted by molar-refractivity contribution is 7.73. The van der Waals surface area contributed by atoms with Crippen molar-refractivity contribution in [1.29, 1.82) is 0 Å². The van der Waals surface area contributed by atoms with Crippen LogP contribution in [0.2, 0.25) is 0 Å². The monoisotopic (exact) mass is 431 g/mol. The summed E-state index contributed by atoms with van der Waals surface area (Å²) >= 11 is 6.56. The molecule has 2 aromatic carbocycles. The molecule has 0 bridgehead atoms. The van der Waals surface area contributed by atoms with E-state index in [0.29, 0.717) is 21.9 Å². The smallest absolute Gasteiger partial charge is 0.340 e. The molecule has 1 heterocycles. The highest BCUT2D eigenvalue weighted by Crippen LogP contribution is 2.39. The summed E-state index contributed by atoms with van der Waals surface area (Å²) in [6, 6.07) is 11.4. The number of carbonyl (C=O) groups is 1. The summed E-state index contributed by atoms with van der Waals surface area (Å²) < 4.78 is 17.2. The van der Waals surface area contributed by atoms with Crippen LogP contribution in [0.15, 0.2) is 47.3 Å². The van der Waals surface area contributed by atoms with Crippen LogP contribution in [0.3, 0.4) is 0 Å². The van der Waals surface area contributed by atoms with Gasteiger partial charge in [0.25, 0.3) is 5.56 Å². The van der Waals surface area contributed by atoms with Crippen LogP contribution in [0.25, 0.3) is 16.1 Å². The zero-order valence-electron chi connectivity index (χ0n) is 15.8. The normalized spacial score (nSPS) is 10.4. The third-order valence-electron chi connectivity index (χ3n) is 4.21. The van der Waals surface area contributed by atoms with E-state index in [1.165, 1.54) is 24.9 Å². The molecular weight excluding hydrogens is 414 g/mol. The van der Waals surface area contributed by atoms with Crippen LogP contribution >= 0.6 is 23.6 Å². The Kier molecular flexibility index (Phi) is 6.00. The van der Waals surface area contributed by atoms with E-state index in [9.17, 15) is 14.7 Å². The van der Waals surface area contributed by atoms with Gasteiger partial charge in [-0.2, -0.15) is 0 Å². The first-order chi connectivity index (χ1) is 13.9. The van der Waals surface area contributed by atoms with E-state index in [2.05, 4.69) is 0 Å². The highest BCUT2D eigenvalue weighted by atomic mass is 32.1. The first-order valence-electron chi connectivity index (χ1n) is 8.31. The number of aromatic nitrogens is 1. The van der Waals surface area contributed by atoms with Crippen molar-refractivity contribution < 1.29 is 24.1 Å². The van der Waals surface area contributed by atoms with Crippen molar-refractivity contribution in [3.8, 4) is 33.4 Å². The molecule has 0 saturated carbocycles. The minimum Gasteiger partial charge on any atom is -0.497 e. The van der Waals surface area contributed by atoms with Crippen LogP contribution in [-0.4, -0.2) is 37.0 Å². The molecule has 3 rings (SSSR count). The molecule has 1 aromatic heterocycles. The predicted octanol–water partition coefficient (Wildman–Crippen LogP) is 4.02. The molecular formula is C20H17NO6S2. The van der Waals surface area contributed by atoms with Gasteiger partial charge in [0.1, 0.15) is 11.3 Å². The Morgan fingerprint density at radius 3 is 2.24 bits per heavy atom. The lowest BCUT2D eigenvalue weighted by Gasteiger charge is -2.14. The molecule has 0 aliphatic rings. The molecule has 0 saturated heterocycles. The average Bonchev–Trinajstić information content (AvgIpc) is 2.72. The second-order valence-corrected chi connectivity index (χ2v) is 7.45. The summed E-state index contributed by atoms with van der Waals surface area (Å²) in [6.45, 7) is 0. The molecule has 0 spiro atoms. The number of carboxylic acid groups (broad SMARTS) is 1. The van der Waals surface area contributed by atoms with Gasteiger partial charge in [-0.25, -0.2) is 4.79 Å². The first-order valence-corrected chi connectivity index (χ1v) is 9.54. The third kappa shape index (κ3) is 3.87. The molecule has 29 heavy (non-hydrogen) atoms. The van der Waals surface area contributed by atoms with E-state index in [0.717, 1.165) is 11.3 Å². The summed E-state index contributed by atoms with van der Waals surface area (Å²) in [5, 5.41) is 9.73. The molecule has 7 nitrogen and oxygen atoms in total. The Morgan fingerprint density at radius 2 is 1.72 bits per heavy atom. The van der Waals surface area contributed by atoms with Crippen molar-refractivity contribution in [3.05, 3.63) is 62.3 Å². The molecule has 0 atom stereocenters. The largest absolute Gasteiger partial charge is 0.497 e. The maximum atomic E-state index is 12.8. The minimum atomic E-state index is -1.20. The summed E-state index contributed by atoms with van der Waals surface area (Å²) in [7, 11) is 4.33. The highest BCUT2D eigenvalue weighted by Gasteiger charge is 2.23. The van der Waals surface area contributed by atoms with Crippen molar-refractivity contribution in [2.75, 3.05) is 21.3 Å². The van der Waals surface area contributed by atoms with Crippen molar-refractivity contribution in [2.24, 2.45) is 0 Å². The van der Waals surface area contributed by atoms with Gasteiger partial charge in [-0.1, -0.05) is 0 Å². The number of benzene rings is 2. The molecule has 0 aliphatic carbocycles. The van der Waals surface area contributed by atoms with Crippen LogP contribution in [0.1, 0.15) is 10.4 Å². The van der Waals surface area contributed by atoms with Gasteiger partial charge in [0, 0.05) is 16.5 Å². The minimum absolute atomic E-state index is 0.0787. The fourth-order valence-corrected chi connectivity index (χ4v) is 4.26. The maximum absolute atomic E-state index is 12.8. The number of aromatic carboxylic acids is 1. The predicted molar refractivity (Wildman–Crippen MR) is 113 cm³/mol. The number of hydrogen-bond donors (Lipinski definition) is 1. The van der Waals surface area contributed by atoms with Crippen LogP contribution < -0.4 is 19.8 Å². The Hall–Kier alpha value is -3.17. The van der Waals surface area contributed by atoms with Gasteiger partial charge in [0.15, 0.2) is 15.5 Å². The molecule has 1 N–H and O–H groups in total. The number of carboxylic acids is 1. The third-order valence-corrected chi connectivity index (χ3v) is 5.56. The van der Waals surface area contributed by atoms with E-state index in [1.54, 1.807) is 43.5 Å². The van der Waals surface area contributed by atoms with Crippen LogP contribution in [0, 0.1) is 3.95 Å². The van der Waals surface area contributed by atoms with E-state index < -0.39 is 5.97 Å². The number of rotatable bonds is 6. The van der Waals surface area contributed by atoms with E-state index in [1.807, 2.05) is 0 Å². The molecule has 9 heteroatoms. The lowest BCUT2D eigenvalue weighted by atomic mass is 10.0. The fraction of sp³-hybridized carbons (Fsp3) is 0.150. The standard InChI is InChI=1S/C20H17NO6S2/c1-25-12-6-4-11(5-7-12)21-16(22)10-15(29-20(21)28)13-8-9-14(26-2)18(27-3)17(13)19(23)24/h4-10H,1-3H3,(H,23,24). The van der Waals surface area contributed by atoms with Crippen LogP contribution in [-0.2, 0) is 0 Å². The van der Waals surface area contributed by atoms with Gasteiger partial charge in [0.2, 0.25) is 0 Å². The van der Waals surface area contributed by atoms with Crippen molar-refractivity contribution in [3.63, 3.8) is 0 Å². The second-order valence-electron chi connectivity index (χ2n) is 5.78. The quantitative estimate of drug-likeness (QED) is 0.590. The van der Waals surface area contributed by atoms with Gasteiger partial charge in [-0.05, 0) is 48.6 Å². The summed E-state index contributed by atoms with van der Waals surface area (Å²) in [5.41, 5.74) is 0.443. The summed E-state index contributed by atoms with van der Waals surface area (Å²) in [5.74, 6) is -0.184. The molecule has 3 aromatic rings. The molecule has 0 amide bonds. The zero-order valence-corrected chi connectivity index (χ0v) is 17.4. The van der Waals surface area contributed by atoms with Gasteiger partial charge in [0.05, 0.1) is 27.0 Å². The number of nitrogens with zero attached hydrogens (tertiary/aromatic N) is 1. The Labute approximate surface area is 175 Å². The second kappa shape index (κ2) is 8.46. The first kappa shape index (κ1) is 20.6. The average molecular weight is 431 g/mol. The van der Waals surface area contributed by atoms with Crippen molar-refractivity contribution in [1.82, 2.24) is 4.57 Å². The molecule has 0 unspecified atom stereocenters. The van der Waals surface area contributed by atoms with E-state index in [-0.39, 0.29) is 26.6 Å². The van der Waals surface area contributed by atoms with Crippen molar-refractivity contribution >= 4 is 29.5 Å². The van der Waals surface area contributed by atoms with Gasteiger partial charge < -0.3 is 19.3 Å². The number of ether oxygens (including phenoxy) is 3. The molecule has 0 aliphatic heterocycles. The number of methoxy groups -OCH3 is 3. The molecule has 0 radical (unpaired) electrons. The maximum Gasteiger partial charge on any atom is 0.340 e. The number of hydrogen-bond acceptors (Lipinski definition) is 7. The van der Waals surface area contributed by atoms with Crippen LogP contribution in [0.4, 0.5) is 0 Å². The van der Waals surface area contributed by atoms with Gasteiger partial charge in [-0.15, -0.1) is 11.3 Å². The Balaban J connectivity index is 2.20. The lowest BCUT2D eigenvalue weighted by Crippen LogP contribution is -2.17. The SMILES string of the molecule is COc1ccc(-n2c(=O)cc(-c3ccc(OC)c(OC)c3C(=O)O)sc2=S)cc1. The van der Waals surface area contributed by atoms with Crippen LogP contribution in [0.5, 0.6) is 17.2 Å². The zero-order chi connectivity index (χ0) is 21.1. The molecule has 0 fully saturated rings. The lowest BCUT2D eigenvalue weighted by molar-refractivity contribution is 0.0693. The fourth-order valence-electron chi connectivity index (χ4n) is 2.88. The summed E-state index contributed by atoms with van der Waals surface area (Å²) in [6.07, 6.45) is 0.